The third-order valence-electron chi connectivity index (χ3n) is 3.60. The van der Waals surface area contributed by atoms with E-state index in [0.29, 0.717) is 30.0 Å². The number of para-hydroxylation sites is 1. The number of nitroso groups, excluding NO2 is 1. The number of halogens is 1. The third kappa shape index (κ3) is 3.14. The molecule has 118 valence electrons. The number of nitrogens with zero attached hydrogens (tertiary/aromatic N) is 2. The molecule has 1 heterocycles. The van der Waals surface area contributed by atoms with Gasteiger partial charge in [0.05, 0.1) is 12.1 Å². The molecule has 0 radical (unpaired) electrons. The van der Waals surface area contributed by atoms with Crippen LogP contribution in [0.3, 0.4) is 0 Å². The van der Waals surface area contributed by atoms with Gasteiger partial charge in [0, 0.05) is 17.0 Å². The normalized spacial score (nSPS) is 10.8. The van der Waals surface area contributed by atoms with E-state index in [9.17, 15) is 10.0 Å². The van der Waals surface area contributed by atoms with Crippen LogP contribution in [0.5, 0.6) is 11.6 Å². The Morgan fingerprint density at radius 3 is 2.70 bits per heavy atom. The minimum Gasteiger partial charge on any atom is -0.494 e. The molecule has 0 saturated heterocycles. The summed E-state index contributed by atoms with van der Waals surface area (Å²) >= 11 is 5.95. The first-order valence-corrected chi connectivity index (χ1v) is 7.60. The average molecular weight is 331 g/mol. The van der Waals surface area contributed by atoms with Crippen molar-refractivity contribution in [2.24, 2.45) is 5.18 Å². The van der Waals surface area contributed by atoms with Crippen LogP contribution in [0.25, 0.3) is 10.9 Å². The fraction of sp³-hybridized carbons (Fsp3) is 0.176. The van der Waals surface area contributed by atoms with Crippen molar-refractivity contribution in [2.75, 3.05) is 6.61 Å². The molecule has 0 aliphatic carbocycles. The van der Waals surface area contributed by atoms with Gasteiger partial charge in [-0.1, -0.05) is 29.8 Å². The van der Waals surface area contributed by atoms with Gasteiger partial charge < -0.3 is 14.4 Å². The largest absolute Gasteiger partial charge is 0.494 e. The Bertz CT molecular complexity index is 831. The quantitative estimate of drug-likeness (QED) is 0.518. The number of aryl methyl sites for hydroxylation is 1. The zero-order valence-electron chi connectivity index (χ0n) is 12.3. The summed E-state index contributed by atoms with van der Waals surface area (Å²) in [6, 6.07) is 14.6. The first-order chi connectivity index (χ1) is 11.2. The second kappa shape index (κ2) is 6.71. The molecular weight excluding hydrogens is 316 g/mol. The van der Waals surface area contributed by atoms with Gasteiger partial charge in [0.15, 0.2) is 5.69 Å². The SMILES string of the molecule is O=Nc1c(O)n(CCCOc2ccccc2)c2ccc(Cl)cc12. The minimum atomic E-state index is -0.142. The van der Waals surface area contributed by atoms with Gasteiger partial charge >= 0.3 is 0 Å². The summed E-state index contributed by atoms with van der Waals surface area (Å²) in [6.45, 7) is 1.01. The van der Waals surface area contributed by atoms with E-state index in [0.717, 1.165) is 11.3 Å². The van der Waals surface area contributed by atoms with Crippen LogP contribution in [0, 0.1) is 4.91 Å². The Balaban J connectivity index is 1.75. The lowest BCUT2D eigenvalue weighted by Crippen LogP contribution is -2.04. The number of benzene rings is 2. The smallest absolute Gasteiger partial charge is 0.222 e. The molecule has 0 fully saturated rings. The lowest BCUT2D eigenvalue weighted by Gasteiger charge is -2.08. The van der Waals surface area contributed by atoms with Gasteiger partial charge in [-0.25, -0.2) is 0 Å². The highest BCUT2D eigenvalue weighted by Crippen LogP contribution is 2.39. The molecule has 5 nitrogen and oxygen atoms in total. The van der Waals surface area contributed by atoms with Crippen molar-refractivity contribution in [3.05, 3.63) is 58.5 Å². The molecule has 0 bridgehead atoms. The van der Waals surface area contributed by atoms with Gasteiger partial charge in [0.25, 0.3) is 0 Å². The van der Waals surface area contributed by atoms with Crippen molar-refractivity contribution in [3.8, 4) is 11.6 Å². The summed E-state index contributed by atoms with van der Waals surface area (Å²) in [6.07, 6.45) is 0.674. The van der Waals surface area contributed by atoms with Crippen molar-refractivity contribution in [2.45, 2.75) is 13.0 Å². The zero-order chi connectivity index (χ0) is 16.2. The van der Waals surface area contributed by atoms with Gasteiger partial charge in [0.2, 0.25) is 5.88 Å². The highest BCUT2D eigenvalue weighted by Gasteiger charge is 2.17. The molecule has 1 aromatic heterocycles. The molecular formula is C17H15ClN2O3. The second-order valence-electron chi connectivity index (χ2n) is 5.09. The molecule has 3 rings (SSSR count). The van der Waals surface area contributed by atoms with Crippen LogP contribution in [-0.4, -0.2) is 16.3 Å². The zero-order valence-corrected chi connectivity index (χ0v) is 13.0. The van der Waals surface area contributed by atoms with Gasteiger partial charge in [-0.2, -0.15) is 0 Å². The monoisotopic (exact) mass is 330 g/mol. The highest BCUT2D eigenvalue weighted by atomic mass is 35.5. The van der Waals surface area contributed by atoms with Crippen LogP contribution in [-0.2, 0) is 6.54 Å². The van der Waals surface area contributed by atoms with E-state index < -0.39 is 0 Å². The lowest BCUT2D eigenvalue weighted by atomic mass is 10.2. The van der Waals surface area contributed by atoms with E-state index >= 15 is 0 Å². The standard InChI is InChI=1S/C17H15ClN2O3/c18-12-7-8-15-14(11-12)16(19-22)17(21)20(15)9-4-10-23-13-5-2-1-3-6-13/h1-3,5-8,11,21H,4,9-10H2. The Labute approximate surface area is 138 Å². The summed E-state index contributed by atoms with van der Waals surface area (Å²) in [5, 5.41) is 14.2. The molecule has 0 saturated carbocycles. The molecule has 0 aliphatic heterocycles. The van der Waals surface area contributed by atoms with Crippen LogP contribution in [0.2, 0.25) is 5.02 Å². The van der Waals surface area contributed by atoms with Gasteiger partial charge in [-0.15, -0.1) is 4.91 Å². The predicted molar refractivity (Wildman–Crippen MR) is 90.6 cm³/mol. The first-order valence-electron chi connectivity index (χ1n) is 7.22. The van der Waals surface area contributed by atoms with E-state index in [-0.39, 0.29) is 11.6 Å². The van der Waals surface area contributed by atoms with Crippen LogP contribution in [0.1, 0.15) is 6.42 Å². The molecule has 1 N–H and O–H groups in total. The predicted octanol–water partition coefficient (Wildman–Crippen LogP) is 4.87. The first kappa shape index (κ1) is 15.4. The lowest BCUT2D eigenvalue weighted by molar-refractivity contribution is 0.298. The van der Waals surface area contributed by atoms with E-state index in [2.05, 4.69) is 5.18 Å². The Morgan fingerprint density at radius 1 is 1.17 bits per heavy atom. The molecule has 0 unspecified atom stereocenters. The van der Waals surface area contributed by atoms with Gasteiger partial charge in [-0.3, -0.25) is 0 Å². The Hall–Kier alpha value is -2.53. The molecule has 0 atom stereocenters. The maximum absolute atomic E-state index is 11.0. The average Bonchev–Trinajstić information content (AvgIpc) is 2.83. The number of aromatic hydroxyl groups is 1. The number of ether oxygens (including phenoxy) is 1. The summed E-state index contributed by atoms with van der Waals surface area (Å²) < 4.78 is 7.28. The molecule has 0 amide bonds. The van der Waals surface area contributed by atoms with Crippen LogP contribution in [0.15, 0.2) is 53.7 Å². The fourth-order valence-electron chi connectivity index (χ4n) is 2.54. The Kier molecular flexibility index (Phi) is 4.48. The van der Waals surface area contributed by atoms with Gasteiger partial charge in [-0.05, 0) is 41.9 Å². The number of hydrogen-bond donors (Lipinski definition) is 1. The second-order valence-corrected chi connectivity index (χ2v) is 5.53. The van der Waals surface area contributed by atoms with Crippen LogP contribution in [0.4, 0.5) is 5.69 Å². The van der Waals surface area contributed by atoms with E-state index in [1.54, 1.807) is 22.8 Å². The topological polar surface area (TPSA) is 63.8 Å². The van der Waals surface area contributed by atoms with Crippen molar-refractivity contribution >= 4 is 28.2 Å². The number of aromatic nitrogens is 1. The number of hydrogen-bond acceptors (Lipinski definition) is 4. The van der Waals surface area contributed by atoms with E-state index in [1.165, 1.54) is 0 Å². The van der Waals surface area contributed by atoms with Crippen LogP contribution < -0.4 is 4.74 Å². The molecule has 0 aliphatic rings. The van der Waals surface area contributed by atoms with Crippen molar-refractivity contribution in [1.29, 1.82) is 0 Å². The van der Waals surface area contributed by atoms with Crippen molar-refractivity contribution in [3.63, 3.8) is 0 Å². The third-order valence-corrected chi connectivity index (χ3v) is 3.84. The highest BCUT2D eigenvalue weighted by molar-refractivity contribution is 6.31. The molecule has 6 heteroatoms. The molecule has 3 aromatic rings. The van der Waals surface area contributed by atoms with Crippen LogP contribution >= 0.6 is 11.6 Å². The van der Waals surface area contributed by atoms with Crippen molar-refractivity contribution < 1.29 is 9.84 Å². The molecule has 2 aromatic carbocycles. The summed E-state index contributed by atoms with van der Waals surface area (Å²) in [4.78, 5) is 11.0. The van der Waals surface area contributed by atoms with Gasteiger partial charge in [0.1, 0.15) is 5.75 Å². The molecule has 23 heavy (non-hydrogen) atoms. The molecule has 0 spiro atoms. The van der Waals surface area contributed by atoms with E-state index in [4.69, 9.17) is 16.3 Å². The summed E-state index contributed by atoms with van der Waals surface area (Å²) in [5.74, 6) is 0.660. The fourth-order valence-corrected chi connectivity index (χ4v) is 2.71. The van der Waals surface area contributed by atoms with Crippen molar-refractivity contribution in [1.82, 2.24) is 4.57 Å². The maximum atomic E-state index is 11.0. The maximum Gasteiger partial charge on any atom is 0.222 e. The number of rotatable bonds is 6. The Morgan fingerprint density at radius 2 is 1.96 bits per heavy atom. The van der Waals surface area contributed by atoms with E-state index in [1.807, 2.05) is 30.3 Å². The summed E-state index contributed by atoms with van der Waals surface area (Å²) in [5.41, 5.74) is 0.743. The summed E-state index contributed by atoms with van der Waals surface area (Å²) in [7, 11) is 0. The minimum absolute atomic E-state index is 0.0199. The number of fused-ring (bicyclic) bond motifs is 1.